The van der Waals surface area contributed by atoms with Crippen LogP contribution in [-0.4, -0.2) is 29.1 Å². The number of carbonyl (C=O) groups is 1. The molecule has 1 aliphatic rings. The molecule has 0 saturated carbocycles. The van der Waals surface area contributed by atoms with Gasteiger partial charge in [0, 0.05) is 17.6 Å². The molecule has 0 spiro atoms. The number of aliphatic carboxylic acids is 1. The monoisotopic (exact) mass is 353 g/mol. The predicted octanol–water partition coefficient (Wildman–Crippen LogP) is 4.22. The molecule has 116 valence electrons. The third-order valence-electron chi connectivity index (χ3n) is 4.47. The van der Waals surface area contributed by atoms with E-state index in [1.807, 2.05) is 0 Å². The smallest absolute Gasteiger partial charge is 0.310 e. The van der Waals surface area contributed by atoms with Crippen LogP contribution in [0.3, 0.4) is 0 Å². The van der Waals surface area contributed by atoms with Crippen molar-refractivity contribution in [3.8, 4) is 0 Å². The molecule has 1 aromatic carbocycles. The highest BCUT2D eigenvalue weighted by molar-refractivity contribution is 9.10. The van der Waals surface area contributed by atoms with E-state index in [1.165, 1.54) is 11.1 Å². The predicted molar refractivity (Wildman–Crippen MR) is 88.4 cm³/mol. The molecule has 1 fully saturated rings. The van der Waals surface area contributed by atoms with Crippen molar-refractivity contribution in [1.82, 2.24) is 4.90 Å². The van der Waals surface area contributed by atoms with Crippen LogP contribution >= 0.6 is 15.9 Å². The minimum Gasteiger partial charge on any atom is -0.481 e. The van der Waals surface area contributed by atoms with Gasteiger partial charge in [-0.25, -0.2) is 0 Å². The van der Waals surface area contributed by atoms with Gasteiger partial charge in [-0.3, -0.25) is 9.69 Å². The molecular formula is C17H24BrNO2. The summed E-state index contributed by atoms with van der Waals surface area (Å²) in [5, 5.41) is 9.65. The van der Waals surface area contributed by atoms with Gasteiger partial charge in [0.25, 0.3) is 0 Å². The van der Waals surface area contributed by atoms with E-state index in [0.29, 0.717) is 6.54 Å². The summed E-state index contributed by atoms with van der Waals surface area (Å²) in [4.78, 5) is 14.0. The van der Waals surface area contributed by atoms with E-state index >= 15 is 0 Å². The molecule has 1 heterocycles. The van der Waals surface area contributed by atoms with Crippen LogP contribution in [0.1, 0.15) is 43.7 Å². The van der Waals surface area contributed by atoms with Crippen molar-refractivity contribution < 1.29 is 9.90 Å². The van der Waals surface area contributed by atoms with Crippen LogP contribution in [0, 0.1) is 12.3 Å². The van der Waals surface area contributed by atoms with E-state index < -0.39 is 11.4 Å². The first kappa shape index (κ1) is 16.5. The highest BCUT2D eigenvalue weighted by Crippen LogP contribution is 2.35. The molecule has 0 aromatic heterocycles. The second kappa shape index (κ2) is 6.93. The van der Waals surface area contributed by atoms with Crippen LogP contribution in [0.15, 0.2) is 22.7 Å². The molecule has 0 aliphatic carbocycles. The van der Waals surface area contributed by atoms with Crippen LogP contribution in [0.25, 0.3) is 0 Å². The van der Waals surface area contributed by atoms with E-state index in [1.54, 1.807) is 0 Å². The van der Waals surface area contributed by atoms with Gasteiger partial charge in [0.1, 0.15) is 0 Å². The molecule has 1 atom stereocenters. The van der Waals surface area contributed by atoms with Gasteiger partial charge >= 0.3 is 5.97 Å². The summed E-state index contributed by atoms with van der Waals surface area (Å²) < 4.78 is 1.12. The average Bonchev–Trinajstić information content (AvgIpc) is 2.43. The first-order valence-electron chi connectivity index (χ1n) is 7.67. The van der Waals surface area contributed by atoms with Gasteiger partial charge in [-0.2, -0.15) is 0 Å². The molecule has 21 heavy (non-hydrogen) atoms. The Kier molecular flexibility index (Phi) is 5.44. The summed E-state index contributed by atoms with van der Waals surface area (Å²) in [5.41, 5.74) is 1.94. The first-order chi connectivity index (χ1) is 9.97. The normalized spacial score (nSPS) is 23.2. The molecular weight excluding hydrogens is 330 g/mol. The molecule has 1 aromatic rings. The summed E-state index contributed by atoms with van der Waals surface area (Å²) >= 11 is 3.52. The number of rotatable bonds is 5. The molecule has 0 radical (unpaired) electrons. The van der Waals surface area contributed by atoms with Crippen LogP contribution in [0.5, 0.6) is 0 Å². The summed E-state index contributed by atoms with van der Waals surface area (Å²) in [6.07, 6.45) is 3.49. The molecule has 1 aliphatic heterocycles. The van der Waals surface area contributed by atoms with Gasteiger partial charge < -0.3 is 5.11 Å². The molecule has 1 N–H and O–H groups in total. The Balaban J connectivity index is 2.09. The van der Waals surface area contributed by atoms with Crippen LogP contribution in [0.4, 0.5) is 0 Å². The number of halogens is 1. The minimum absolute atomic E-state index is 0.544. The Morgan fingerprint density at radius 3 is 2.86 bits per heavy atom. The number of carboxylic acids is 1. The molecule has 1 saturated heterocycles. The van der Waals surface area contributed by atoms with E-state index in [9.17, 15) is 9.90 Å². The van der Waals surface area contributed by atoms with Crippen LogP contribution in [-0.2, 0) is 11.3 Å². The van der Waals surface area contributed by atoms with Crippen molar-refractivity contribution in [3.05, 3.63) is 33.8 Å². The molecule has 2 rings (SSSR count). The average molecular weight is 354 g/mol. The number of piperidine rings is 1. The highest BCUT2D eigenvalue weighted by atomic mass is 79.9. The Labute approximate surface area is 135 Å². The highest BCUT2D eigenvalue weighted by Gasteiger charge is 2.41. The van der Waals surface area contributed by atoms with Crippen molar-refractivity contribution in [1.29, 1.82) is 0 Å². The van der Waals surface area contributed by atoms with Crippen molar-refractivity contribution in [2.24, 2.45) is 5.41 Å². The topological polar surface area (TPSA) is 40.5 Å². The quantitative estimate of drug-likeness (QED) is 0.861. The zero-order valence-electron chi connectivity index (χ0n) is 12.9. The molecule has 0 amide bonds. The number of benzene rings is 1. The van der Waals surface area contributed by atoms with Crippen molar-refractivity contribution in [2.45, 2.75) is 46.1 Å². The lowest BCUT2D eigenvalue weighted by Crippen LogP contribution is -2.47. The number of hydrogen-bond acceptors (Lipinski definition) is 2. The lowest BCUT2D eigenvalue weighted by molar-refractivity contribution is -0.153. The fraction of sp³-hybridized carbons (Fsp3) is 0.588. The van der Waals surface area contributed by atoms with E-state index in [-0.39, 0.29) is 0 Å². The van der Waals surface area contributed by atoms with E-state index in [0.717, 1.165) is 43.2 Å². The summed E-state index contributed by atoms with van der Waals surface area (Å²) in [5.74, 6) is -0.624. The maximum Gasteiger partial charge on any atom is 0.310 e. The summed E-state index contributed by atoms with van der Waals surface area (Å²) in [7, 11) is 0. The molecule has 1 unspecified atom stereocenters. The van der Waals surface area contributed by atoms with E-state index in [2.05, 4.69) is 52.9 Å². The molecule has 0 bridgehead atoms. The summed E-state index contributed by atoms with van der Waals surface area (Å²) in [6, 6.07) is 6.38. The second-order valence-corrected chi connectivity index (χ2v) is 7.09. The lowest BCUT2D eigenvalue weighted by atomic mass is 9.76. The Morgan fingerprint density at radius 2 is 2.24 bits per heavy atom. The van der Waals surface area contributed by atoms with E-state index in [4.69, 9.17) is 0 Å². The third kappa shape index (κ3) is 3.86. The standard InChI is InChI=1S/C17H24BrNO2/c1-3-7-17(16(20)21)8-4-9-19(12-17)11-14-5-6-15(18)13(2)10-14/h5-6,10H,3-4,7-9,11-12H2,1-2H3,(H,20,21). The Morgan fingerprint density at radius 1 is 1.48 bits per heavy atom. The molecule has 4 heteroatoms. The van der Waals surface area contributed by atoms with Crippen molar-refractivity contribution in [2.75, 3.05) is 13.1 Å². The number of likely N-dealkylation sites (tertiary alicyclic amines) is 1. The third-order valence-corrected chi connectivity index (χ3v) is 5.36. The fourth-order valence-corrected chi connectivity index (χ4v) is 3.64. The van der Waals surface area contributed by atoms with Crippen LogP contribution < -0.4 is 0 Å². The van der Waals surface area contributed by atoms with Gasteiger partial charge in [-0.1, -0.05) is 41.4 Å². The Hall–Kier alpha value is -0.870. The minimum atomic E-state index is -0.624. The number of carboxylic acid groups (broad SMARTS) is 1. The maximum absolute atomic E-state index is 11.7. The Bertz CT molecular complexity index is 514. The zero-order chi connectivity index (χ0) is 15.5. The van der Waals surface area contributed by atoms with Gasteiger partial charge in [0.05, 0.1) is 5.41 Å². The second-order valence-electron chi connectivity index (χ2n) is 6.23. The van der Waals surface area contributed by atoms with Gasteiger partial charge in [-0.05, 0) is 49.9 Å². The fourth-order valence-electron chi connectivity index (χ4n) is 3.39. The first-order valence-corrected chi connectivity index (χ1v) is 8.47. The number of aryl methyl sites for hydroxylation is 1. The SMILES string of the molecule is CCCC1(C(=O)O)CCCN(Cc2ccc(Br)c(C)c2)C1. The lowest BCUT2D eigenvalue weighted by Gasteiger charge is -2.40. The molecule has 3 nitrogen and oxygen atoms in total. The largest absolute Gasteiger partial charge is 0.481 e. The summed E-state index contributed by atoms with van der Waals surface area (Å²) in [6.45, 7) is 6.66. The number of hydrogen-bond donors (Lipinski definition) is 1. The van der Waals surface area contributed by atoms with Crippen molar-refractivity contribution in [3.63, 3.8) is 0 Å². The number of nitrogens with zero attached hydrogens (tertiary/aromatic N) is 1. The van der Waals surface area contributed by atoms with Gasteiger partial charge in [-0.15, -0.1) is 0 Å². The maximum atomic E-state index is 11.7. The van der Waals surface area contributed by atoms with Crippen molar-refractivity contribution >= 4 is 21.9 Å². The van der Waals surface area contributed by atoms with Crippen LogP contribution in [0.2, 0.25) is 0 Å². The van der Waals surface area contributed by atoms with Gasteiger partial charge in [0.15, 0.2) is 0 Å². The van der Waals surface area contributed by atoms with Gasteiger partial charge in [0.2, 0.25) is 0 Å². The zero-order valence-corrected chi connectivity index (χ0v) is 14.4.